The second-order valence-electron chi connectivity index (χ2n) is 4.72. The Morgan fingerprint density at radius 1 is 1.47 bits per heavy atom. The second kappa shape index (κ2) is 6.72. The zero-order valence-corrected chi connectivity index (χ0v) is 11.0. The second-order valence-corrected chi connectivity index (χ2v) is 4.72. The van der Waals surface area contributed by atoms with E-state index in [-0.39, 0.29) is 5.56 Å². The lowest BCUT2D eigenvalue weighted by Gasteiger charge is -2.08. The van der Waals surface area contributed by atoms with Crippen LogP contribution in [0.25, 0.3) is 0 Å². The maximum absolute atomic E-state index is 11.8. The van der Waals surface area contributed by atoms with Crippen LogP contribution in [0.1, 0.15) is 37.0 Å². The Morgan fingerprint density at radius 3 is 2.74 bits per heavy atom. The maximum atomic E-state index is 11.8. The topological polar surface area (TPSA) is 92.5 Å². The van der Waals surface area contributed by atoms with E-state index in [0.29, 0.717) is 12.5 Å². The molecule has 0 aliphatic rings. The van der Waals surface area contributed by atoms with E-state index in [2.05, 4.69) is 19.2 Å². The smallest absolute Gasteiger partial charge is 0.311 e. The molecule has 6 heteroatoms. The molecule has 0 fully saturated rings. The van der Waals surface area contributed by atoms with Gasteiger partial charge in [0.25, 0.3) is 5.91 Å². The normalized spacial score (nSPS) is 10.5. The number of carbonyl (C=O) groups excluding carboxylic acids is 1. The molecule has 1 rings (SSSR count). The first-order valence-corrected chi connectivity index (χ1v) is 6.18. The number of aromatic hydroxyl groups is 1. The molecule has 0 radical (unpaired) electrons. The van der Waals surface area contributed by atoms with Gasteiger partial charge < -0.3 is 10.4 Å². The fraction of sp³-hybridized carbons (Fsp3) is 0.462. The number of phenolic OH excluding ortho intramolecular Hbond substituents is 1. The Labute approximate surface area is 111 Å². The Hall–Kier alpha value is -2.11. The van der Waals surface area contributed by atoms with E-state index in [1.165, 1.54) is 12.1 Å². The predicted octanol–water partition coefficient (Wildman–Crippen LogP) is 2.47. The number of nitrogens with zero attached hydrogens (tertiary/aromatic N) is 1. The van der Waals surface area contributed by atoms with Crippen molar-refractivity contribution in [1.29, 1.82) is 0 Å². The first-order chi connectivity index (χ1) is 8.93. The van der Waals surface area contributed by atoms with Crippen molar-refractivity contribution < 1.29 is 14.8 Å². The molecule has 0 aliphatic carbocycles. The van der Waals surface area contributed by atoms with Gasteiger partial charge in [-0.3, -0.25) is 14.9 Å². The summed E-state index contributed by atoms with van der Waals surface area (Å²) >= 11 is 0. The number of para-hydroxylation sites is 1. The van der Waals surface area contributed by atoms with E-state index in [1.54, 1.807) is 0 Å². The van der Waals surface area contributed by atoms with E-state index in [0.717, 1.165) is 18.9 Å². The summed E-state index contributed by atoms with van der Waals surface area (Å²) < 4.78 is 0. The molecule has 19 heavy (non-hydrogen) atoms. The number of amides is 1. The lowest BCUT2D eigenvalue weighted by molar-refractivity contribution is -0.385. The van der Waals surface area contributed by atoms with Gasteiger partial charge in [-0.1, -0.05) is 19.9 Å². The molecule has 1 aromatic carbocycles. The molecule has 1 amide bonds. The highest BCUT2D eigenvalue weighted by Crippen LogP contribution is 2.28. The van der Waals surface area contributed by atoms with Crippen LogP contribution in [-0.4, -0.2) is 22.5 Å². The fourth-order valence-electron chi connectivity index (χ4n) is 1.67. The molecule has 0 atom stereocenters. The van der Waals surface area contributed by atoms with Crippen LogP contribution in [0.15, 0.2) is 18.2 Å². The molecule has 104 valence electrons. The molecular formula is C13H18N2O4. The van der Waals surface area contributed by atoms with Gasteiger partial charge >= 0.3 is 5.69 Å². The summed E-state index contributed by atoms with van der Waals surface area (Å²) in [7, 11) is 0. The Kier molecular flexibility index (Phi) is 5.29. The zero-order chi connectivity index (χ0) is 14.4. The van der Waals surface area contributed by atoms with Crippen LogP contribution in [0, 0.1) is 16.0 Å². The van der Waals surface area contributed by atoms with E-state index in [4.69, 9.17) is 0 Å². The zero-order valence-electron chi connectivity index (χ0n) is 11.0. The van der Waals surface area contributed by atoms with Crippen molar-refractivity contribution in [2.24, 2.45) is 5.92 Å². The van der Waals surface area contributed by atoms with Crippen LogP contribution in [0.4, 0.5) is 5.69 Å². The first kappa shape index (κ1) is 14.9. The van der Waals surface area contributed by atoms with Gasteiger partial charge in [0, 0.05) is 12.6 Å². The predicted molar refractivity (Wildman–Crippen MR) is 71.2 cm³/mol. The highest BCUT2D eigenvalue weighted by atomic mass is 16.6. The third-order valence-corrected chi connectivity index (χ3v) is 2.70. The van der Waals surface area contributed by atoms with Crippen molar-refractivity contribution in [1.82, 2.24) is 5.32 Å². The Balaban J connectivity index is 2.67. The fourth-order valence-corrected chi connectivity index (χ4v) is 1.67. The summed E-state index contributed by atoms with van der Waals surface area (Å²) in [5.74, 6) is -0.526. The van der Waals surface area contributed by atoms with Crippen molar-refractivity contribution in [3.05, 3.63) is 33.9 Å². The van der Waals surface area contributed by atoms with E-state index >= 15 is 0 Å². The molecule has 6 nitrogen and oxygen atoms in total. The summed E-state index contributed by atoms with van der Waals surface area (Å²) in [6, 6.07) is 3.89. The summed E-state index contributed by atoms with van der Waals surface area (Å²) in [5, 5.41) is 23.0. The van der Waals surface area contributed by atoms with Crippen molar-refractivity contribution >= 4 is 11.6 Å². The van der Waals surface area contributed by atoms with Crippen LogP contribution in [0.2, 0.25) is 0 Å². The van der Waals surface area contributed by atoms with E-state index in [1.807, 2.05) is 0 Å². The molecule has 0 aromatic heterocycles. The minimum Gasteiger partial charge on any atom is -0.502 e. The number of carbonyl (C=O) groups is 1. The molecule has 0 aliphatic heterocycles. The number of hydrogen-bond acceptors (Lipinski definition) is 4. The highest BCUT2D eigenvalue weighted by Gasteiger charge is 2.20. The average molecular weight is 266 g/mol. The number of nitro groups is 1. The van der Waals surface area contributed by atoms with Crippen LogP contribution in [0.5, 0.6) is 5.75 Å². The van der Waals surface area contributed by atoms with Gasteiger partial charge in [0.2, 0.25) is 5.75 Å². The number of nitro benzene ring substituents is 1. The lowest BCUT2D eigenvalue weighted by atomic mass is 10.1. The monoisotopic (exact) mass is 266 g/mol. The third kappa shape index (κ3) is 4.24. The van der Waals surface area contributed by atoms with Crippen LogP contribution in [-0.2, 0) is 0 Å². The molecule has 0 spiro atoms. The molecule has 1 aromatic rings. The molecule has 0 bridgehead atoms. The minimum absolute atomic E-state index is 0.0706. The molecular weight excluding hydrogens is 248 g/mol. The molecule has 0 heterocycles. The lowest BCUT2D eigenvalue weighted by Crippen LogP contribution is -2.24. The van der Waals surface area contributed by atoms with Gasteiger partial charge in [0.1, 0.15) is 0 Å². The van der Waals surface area contributed by atoms with Gasteiger partial charge in [-0.25, -0.2) is 0 Å². The summed E-state index contributed by atoms with van der Waals surface area (Å²) in [4.78, 5) is 21.7. The van der Waals surface area contributed by atoms with Crippen molar-refractivity contribution in [2.75, 3.05) is 6.54 Å². The highest BCUT2D eigenvalue weighted by molar-refractivity contribution is 5.98. The van der Waals surface area contributed by atoms with Gasteiger partial charge in [0.15, 0.2) is 0 Å². The Bertz CT molecular complexity index is 472. The third-order valence-electron chi connectivity index (χ3n) is 2.70. The van der Waals surface area contributed by atoms with Gasteiger partial charge in [-0.2, -0.15) is 0 Å². The summed E-state index contributed by atoms with van der Waals surface area (Å²) in [5.41, 5.74) is -0.534. The quantitative estimate of drug-likeness (QED) is 0.470. The number of nitrogens with one attached hydrogen (secondary N) is 1. The largest absolute Gasteiger partial charge is 0.502 e. The first-order valence-electron chi connectivity index (χ1n) is 6.18. The van der Waals surface area contributed by atoms with Crippen LogP contribution >= 0.6 is 0 Å². The summed E-state index contributed by atoms with van der Waals surface area (Å²) in [6.07, 6.45) is 1.82. The van der Waals surface area contributed by atoms with Gasteiger partial charge in [-0.05, 0) is 24.8 Å². The van der Waals surface area contributed by atoms with Crippen LogP contribution < -0.4 is 5.32 Å². The maximum Gasteiger partial charge on any atom is 0.311 e. The van der Waals surface area contributed by atoms with E-state index < -0.39 is 22.3 Å². The van der Waals surface area contributed by atoms with Crippen molar-refractivity contribution in [3.8, 4) is 5.75 Å². The molecule has 0 saturated heterocycles. The average Bonchev–Trinajstić information content (AvgIpc) is 2.34. The van der Waals surface area contributed by atoms with Crippen molar-refractivity contribution in [2.45, 2.75) is 26.7 Å². The Morgan fingerprint density at radius 2 is 2.16 bits per heavy atom. The minimum atomic E-state index is -0.717. The standard InChI is InChI=1S/C13H18N2O4/c1-9(2)5-4-8-14-13(17)10-6-3-7-11(12(10)16)15(18)19/h3,6-7,9,16H,4-5,8H2,1-2H3,(H,14,17). The van der Waals surface area contributed by atoms with Crippen molar-refractivity contribution in [3.63, 3.8) is 0 Å². The molecule has 2 N–H and O–H groups in total. The van der Waals surface area contributed by atoms with Gasteiger partial charge in [-0.15, -0.1) is 0 Å². The SMILES string of the molecule is CC(C)CCCNC(=O)c1cccc([N+](=O)[O-])c1O. The van der Waals surface area contributed by atoms with E-state index in [9.17, 15) is 20.0 Å². The number of rotatable bonds is 6. The number of hydrogen-bond donors (Lipinski definition) is 2. The van der Waals surface area contributed by atoms with Gasteiger partial charge in [0.05, 0.1) is 10.5 Å². The molecule has 0 saturated carbocycles. The van der Waals surface area contributed by atoms with Crippen LogP contribution in [0.3, 0.4) is 0 Å². The summed E-state index contributed by atoms with van der Waals surface area (Å²) in [6.45, 7) is 4.67. The molecule has 0 unspecified atom stereocenters. The number of benzene rings is 1. The number of phenols is 1.